The van der Waals surface area contributed by atoms with Crippen LogP contribution in [0.4, 0.5) is 0 Å². The molecule has 0 unspecified atom stereocenters. The maximum atomic E-state index is 9.71. The Morgan fingerprint density at radius 2 is 2.00 bits per heavy atom. The van der Waals surface area contributed by atoms with Gasteiger partial charge in [-0.15, -0.1) is 0 Å². The van der Waals surface area contributed by atoms with E-state index in [4.69, 9.17) is 9.47 Å². The second-order valence-corrected chi connectivity index (χ2v) is 4.70. The maximum absolute atomic E-state index is 9.71. The normalized spacial score (nSPS) is 30.8. The van der Waals surface area contributed by atoms with Crippen molar-refractivity contribution in [2.24, 2.45) is 0 Å². The summed E-state index contributed by atoms with van der Waals surface area (Å²) in [5.41, 5.74) is 2.09. The molecular formula is C13H16O4. The predicted molar refractivity (Wildman–Crippen MR) is 61.1 cm³/mol. The molecule has 1 aromatic rings. The molecule has 1 heterocycles. The maximum Gasteiger partial charge on any atom is 0.123 e. The highest BCUT2D eigenvalue weighted by Gasteiger charge is 2.28. The Morgan fingerprint density at radius 3 is 2.76 bits per heavy atom. The van der Waals surface area contributed by atoms with Crippen LogP contribution >= 0.6 is 0 Å². The average molecular weight is 236 g/mol. The minimum Gasteiger partial charge on any atom is -0.490 e. The fraction of sp³-hybridized carbons (Fsp3) is 0.538. The lowest BCUT2D eigenvalue weighted by Crippen LogP contribution is -2.34. The minimum absolute atomic E-state index is 0.227. The molecule has 0 amide bonds. The van der Waals surface area contributed by atoms with Crippen molar-refractivity contribution in [1.82, 2.24) is 0 Å². The van der Waals surface area contributed by atoms with E-state index < -0.39 is 12.2 Å². The molecular weight excluding hydrogens is 220 g/mol. The fourth-order valence-corrected chi connectivity index (χ4v) is 2.22. The van der Waals surface area contributed by atoms with Crippen molar-refractivity contribution in [3.8, 4) is 5.75 Å². The molecule has 1 aromatic carbocycles. The molecule has 17 heavy (non-hydrogen) atoms. The molecule has 1 aliphatic carbocycles. The number of hydrogen-bond acceptors (Lipinski definition) is 4. The zero-order valence-electron chi connectivity index (χ0n) is 9.50. The van der Waals surface area contributed by atoms with Crippen LogP contribution in [0.2, 0.25) is 0 Å². The second kappa shape index (κ2) is 4.29. The Morgan fingerprint density at radius 1 is 1.24 bits per heavy atom. The van der Waals surface area contributed by atoms with Gasteiger partial charge in [-0.2, -0.15) is 0 Å². The summed E-state index contributed by atoms with van der Waals surface area (Å²) < 4.78 is 10.8. The molecule has 4 heteroatoms. The predicted octanol–water partition coefficient (Wildman–Crippen LogP) is 0.285. The first-order valence-corrected chi connectivity index (χ1v) is 5.95. The highest BCUT2D eigenvalue weighted by Crippen LogP contribution is 2.30. The van der Waals surface area contributed by atoms with Crippen molar-refractivity contribution in [1.29, 1.82) is 0 Å². The van der Waals surface area contributed by atoms with Crippen LogP contribution in [-0.2, 0) is 17.6 Å². The smallest absolute Gasteiger partial charge is 0.123 e. The molecule has 0 spiro atoms. The van der Waals surface area contributed by atoms with E-state index in [2.05, 4.69) is 0 Å². The Kier molecular flexibility index (Phi) is 2.78. The monoisotopic (exact) mass is 236 g/mol. The summed E-state index contributed by atoms with van der Waals surface area (Å²) in [6.07, 6.45) is -0.176. The lowest BCUT2D eigenvalue weighted by atomic mass is 9.87. The van der Waals surface area contributed by atoms with E-state index in [0.717, 1.165) is 23.5 Å². The van der Waals surface area contributed by atoms with Crippen molar-refractivity contribution in [3.63, 3.8) is 0 Å². The summed E-state index contributed by atoms with van der Waals surface area (Å²) >= 11 is 0. The van der Waals surface area contributed by atoms with Gasteiger partial charge in [0.1, 0.15) is 18.5 Å². The first-order valence-electron chi connectivity index (χ1n) is 5.95. The molecule has 1 fully saturated rings. The van der Waals surface area contributed by atoms with Gasteiger partial charge in [0.25, 0.3) is 0 Å². The third kappa shape index (κ3) is 2.29. The van der Waals surface area contributed by atoms with Crippen molar-refractivity contribution in [2.75, 3.05) is 13.2 Å². The van der Waals surface area contributed by atoms with Crippen LogP contribution in [0.1, 0.15) is 11.1 Å². The Labute approximate surface area is 99.8 Å². The lowest BCUT2D eigenvalue weighted by molar-refractivity contribution is 0.0135. The van der Waals surface area contributed by atoms with Gasteiger partial charge in [-0.25, -0.2) is 0 Å². The summed E-state index contributed by atoms with van der Waals surface area (Å²) in [6, 6.07) is 5.81. The molecule has 4 nitrogen and oxygen atoms in total. The number of aliphatic hydroxyl groups excluding tert-OH is 2. The van der Waals surface area contributed by atoms with Crippen LogP contribution in [0.3, 0.4) is 0 Å². The van der Waals surface area contributed by atoms with Gasteiger partial charge in [-0.05, 0) is 11.6 Å². The minimum atomic E-state index is -0.690. The van der Waals surface area contributed by atoms with Gasteiger partial charge in [0.05, 0.1) is 18.8 Å². The van der Waals surface area contributed by atoms with Crippen LogP contribution in [0.15, 0.2) is 18.2 Å². The third-order valence-electron chi connectivity index (χ3n) is 3.34. The van der Waals surface area contributed by atoms with Gasteiger partial charge in [-0.3, -0.25) is 0 Å². The van der Waals surface area contributed by atoms with E-state index in [1.54, 1.807) is 0 Å². The summed E-state index contributed by atoms with van der Waals surface area (Å²) in [4.78, 5) is 0. The van der Waals surface area contributed by atoms with Gasteiger partial charge in [0.15, 0.2) is 0 Å². The number of rotatable bonds is 3. The molecule has 1 aliphatic heterocycles. The molecule has 3 rings (SSSR count). The van der Waals surface area contributed by atoms with Gasteiger partial charge < -0.3 is 19.7 Å². The lowest BCUT2D eigenvalue weighted by Gasteiger charge is -2.27. The number of ether oxygens (including phenoxy) is 2. The molecule has 2 N–H and O–H groups in total. The van der Waals surface area contributed by atoms with Crippen molar-refractivity contribution < 1.29 is 19.7 Å². The summed E-state index contributed by atoms with van der Waals surface area (Å²) in [5.74, 6) is 0.809. The van der Waals surface area contributed by atoms with E-state index >= 15 is 0 Å². The molecule has 0 aromatic heterocycles. The van der Waals surface area contributed by atoms with Gasteiger partial charge in [-0.1, -0.05) is 12.1 Å². The van der Waals surface area contributed by atoms with E-state index in [-0.39, 0.29) is 6.10 Å². The van der Waals surface area contributed by atoms with Gasteiger partial charge >= 0.3 is 0 Å². The van der Waals surface area contributed by atoms with Crippen molar-refractivity contribution in [2.45, 2.75) is 31.2 Å². The number of aliphatic hydroxyl groups is 2. The molecule has 92 valence electrons. The van der Waals surface area contributed by atoms with Gasteiger partial charge in [0, 0.05) is 18.4 Å². The Bertz CT molecular complexity index is 414. The molecule has 0 radical (unpaired) electrons. The largest absolute Gasteiger partial charge is 0.490 e. The van der Waals surface area contributed by atoms with E-state index in [9.17, 15) is 10.2 Å². The molecule has 2 aliphatic rings. The van der Waals surface area contributed by atoms with Crippen LogP contribution in [-0.4, -0.2) is 41.7 Å². The van der Waals surface area contributed by atoms with Crippen LogP contribution < -0.4 is 4.74 Å². The molecule has 0 bridgehead atoms. The average Bonchev–Trinajstić information content (AvgIpc) is 3.12. The first-order chi connectivity index (χ1) is 8.24. The second-order valence-electron chi connectivity index (χ2n) is 4.70. The highest BCUT2D eigenvalue weighted by molar-refractivity contribution is 5.43. The topological polar surface area (TPSA) is 62.2 Å². The van der Waals surface area contributed by atoms with Crippen LogP contribution in [0.5, 0.6) is 5.75 Å². The number of epoxide rings is 1. The summed E-state index contributed by atoms with van der Waals surface area (Å²) in [6.45, 7) is 1.34. The summed E-state index contributed by atoms with van der Waals surface area (Å²) in [7, 11) is 0. The quantitative estimate of drug-likeness (QED) is 0.740. The van der Waals surface area contributed by atoms with Crippen LogP contribution in [0, 0.1) is 0 Å². The fourth-order valence-electron chi connectivity index (χ4n) is 2.22. The van der Waals surface area contributed by atoms with Crippen molar-refractivity contribution >= 4 is 0 Å². The number of benzene rings is 1. The zero-order valence-corrected chi connectivity index (χ0v) is 9.50. The van der Waals surface area contributed by atoms with Gasteiger partial charge in [0.2, 0.25) is 0 Å². The Balaban J connectivity index is 1.81. The van der Waals surface area contributed by atoms with Crippen LogP contribution in [0.25, 0.3) is 0 Å². The number of fused-ring (bicyclic) bond motifs is 1. The SMILES string of the molecule is O[C@@H]1Cc2cccc(OC[C@H]3CO3)c2C[C@H]1O. The van der Waals surface area contributed by atoms with E-state index in [1.165, 1.54) is 0 Å². The van der Waals surface area contributed by atoms with E-state index in [1.807, 2.05) is 18.2 Å². The first kappa shape index (κ1) is 11.0. The number of hydrogen-bond donors (Lipinski definition) is 2. The molecule has 1 saturated heterocycles. The molecule has 0 saturated carbocycles. The van der Waals surface area contributed by atoms with E-state index in [0.29, 0.717) is 19.4 Å². The Hall–Kier alpha value is -1.10. The van der Waals surface area contributed by atoms with Crippen molar-refractivity contribution in [3.05, 3.63) is 29.3 Å². The third-order valence-corrected chi connectivity index (χ3v) is 3.34. The zero-order chi connectivity index (χ0) is 11.8. The standard InChI is InChI=1S/C13H16O4/c14-11-4-8-2-1-3-13(10(8)5-12(11)15)17-7-9-6-16-9/h1-3,9,11-12,14-15H,4-7H2/t9-,11-,12-/m1/s1. The molecule has 3 atom stereocenters. The summed E-state index contributed by atoms with van der Waals surface area (Å²) in [5, 5.41) is 19.3. The highest BCUT2D eigenvalue weighted by atomic mass is 16.6.